The number of ether oxygens (including phenoxy) is 3. The molecule has 6 nitrogen and oxygen atoms in total. The molecule has 1 aliphatic heterocycles. The van der Waals surface area contributed by atoms with Crippen LogP contribution >= 0.6 is 0 Å². The summed E-state index contributed by atoms with van der Waals surface area (Å²) in [7, 11) is 0. The molecule has 8 heteroatoms. The van der Waals surface area contributed by atoms with Gasteiger partial charge in [0.2, 0.25) is 6.29 Å². The predicted molar refractivity (Wildman–Crippen MR) is 68.1 cm³/mol. The smallest absolute Gasteiger partial charge is 0.338 e. The van der Waals surface area contributed by atoms with Crippen LogP contribution in [0.15, 0.2) is 30.3 Å². The average molecular weight is 316 g/mol. The number of carbonyl (C=O) groups excluding carboxylic acids is 2. The van der Waals surface area contributed by atoms with Crippen molar-refractivity contribution < 1.29 is 37.7 Å². The molecule has 2 rings (SSSR count). The summed E-state index contributed by atoms with van der Waals surface area (Å²) in [5.41, 5.74) is 0.195. The minimum absolute atomic E-state index is 0.195. The lowest BCUT2D eigenvalue weighted by Crippen LogP contribution is -2.42. The van der Waals surface area contributed by atoms with E-state index in [4.69, 9.17) is 9.47 Å². The first-order valence-electron chi connectivity index (χ1n) is 6.43. The summed E-state index contributed by atoms with van der Waals surface area (Å²) < 4.78 is 41.6. The molecule has 0 aromatic heterocycles. The van der Waals surface area contributed by atoms with Crippen molar-refractivity contribution in [2.45, 2.75) is 31.3 Å². The van der Waals surface area contributed by atoms with Gasteiger partial charge in [-0.05, 0) is 12.1 Å². The van der Waals surface area contributed by atoms with Crippen LogP contribution < -0.4 is 0 Å². The molecular weight excluding hydrogens is 302 g/mol. The molecule has 0 aliphatic carbocycles. The summed E-state index contributed by atoms with van der Waals surface area (Å²) >= 11 is 0. The first kappa shape index (κ1) is 16.3. The molecule has 1 aliphatic rings. The normalized spacial score (nSPS) is 26.5. The van der Waals surface area contributed by atoms with E-state index in [9.17, 15) is 23.5 Å². The lowest BCUT2D eigenvalue weighted by atomic mass is 10.1. The number of benzene rings is 1. The third-order valence-electron chi connectivity index (χ3n) is 3.04. The summed E-state index contributed by atoms with van der Waals surface area (Å²) in [6, 6.07) is 7.81. The fourth-order valence-corrected chi connectivity index (χ4v) is 1.91. The molecule has 120 valence electrons. The molecular formula is C14H14F2O6. The van der Waals surface area contributed by atoms with Crippen LogP contribution in [0.25, 0.3) is 0 Å². The minimum Gasteiger partial charge on any atom is -0.459 e. The molecule has 1 aromatic rings. The van der Waals surface area contributed by atoms with E-state index in [0.717, 1.165) is 6.92 Å². The van der Waals surface area contributed by atoms with Gasteiger partial charge in [-0.1, -0.05) is 18.2 Å². The van der Waals surface area contributed by atoms with Crippen molar-refractivity contribution in [3.63, 3.8) is 0 Å². The number of esters is 2. The summed E-state index contributed by atoms with van der Waals surface area (Å²) in [6.45, 7) is 0.215. The van der Waals surface area contributed by atoms with E-state index < -0.39 is 43.0 Å². The van der Waals surface area contributed by atoms with Crippen molar-refractivity contribution in [3.05, 3.63) is 35.9 Å². The molecule has 0 saturated carbocycles. The van der Waals surface area contributed by atoms with E-state index in [2.05, 4.69) is 4.74 Å². The molecule has 3 atom stereocenters. The Hall–Kier alpha value is -2.06. The van der Waals surface area contributed by atoms with E-state index in [-0.39, 0.29) is 5.56 Å². The number of aliphatic hydroxyl groups is 1. The van der Waals surface area contributed by atoms with Crippen molar-refractivity contribution in [1.29, 1.82) is 0 Å². The van der Waals surface area contributed by atoms with Crippen molar-refractivity contribution in [2.24, 2.45) is 0 Å². The Bertz CT molecular complexity index is 548. The molecule has 0 spiro atoms. The molecule has 22 heavy (non-hydrogen) atoms. The summed E-state index contributed by atoms with van der Waals surface area (Å²) in [6.07, 6.45) is -6.02. The lowest BCUT2D eigenvalue weighted by molar-refractivity contribution is -0.187. The highest BCUT2D eigenvalue weighted by molar-refractivity contribution is 5.89. The van der Waals surface area contributed by atoms with Gasteiger partial charge in [-0.25, -0.2) is 13.6 Å². The van der Waals surface area contributed by atoms with E-state index in [1.807, 2.05) is 0 Å². The number of aliphatic hydroxyl groups excluding tert-OH is 1. The molecule has 1 fully saturated rings. The molecule has 0 radical (unpaired) electrons. The van der Waals surface area contributed by atoms with E-state index in [1.165, 1.54) is 12.1 Å². The molecule has 1 heterocycles. The zero-order valence-electron chi connectivity index (χ0n) is 11.6. The number of halogens is 2. The highest BCUT2D eigenvalue weighted by Crippen LogP contribution is 2.37. The van der Waals surface area contributed by atoms with Gasteiger partial charge in [-0.2, -0.15) is 0 Å². The van der Waals surface area contributed by atoms with Crippen molar-refractivity contribution in [1.82, 2.24) is 0 Å². The standard InChI is InChI=1S/C14H14F2O6/c1-8(17)21-13-11(18)14(15,16)10(22-13)7-20-12(19)9-5-3-2-4-6-9/h2-6,10-11,13,18H,7H2,1H3/t10?,11-,13+/m1/s1. The van der Waals surface area contributed by atoms with Crippen molar-refractivity contribution in [2.75, 3.05) is 6.61 Å². The highest BCUT2D eigenvalue weighted by atomic mass is 19.3. The summed E-state index contributed by atoms with van der Waals surface area (Å²) in [5.74, 6) is -5.39. The van der Waals surface area contributed by atoms with Gasteiger partial charge in [0.1, 0.15) is 6.61 Å². The minimum atomic E-state index is -3.71. The van der Waals surface area contributed by atoms with Crippen molar-refractivity contribution in [3.8, 4) is 0 Å². The second-order valence-electron chi connectivity index (χ2n) is 4.69. The molecule has 1 aromatic carbocycles. The number of rotatable bonds is 4. The third-order valence-corrected chi connectivity index (χ3v) is 3.04. The fraction of sp³-hybridized carbons (Fsp3) is 0.429. The molecule has 0 amide bonds. The summed E-state index contributed by atoms with van der Waals surface area (Å²) in [5, 5.41) is 9.43. The summed E-state index contributed by atoms with van der Waals surface area (Å²) in [4.78, 5) is 22.5. The van der Waals surface area contributed by atoms with Gasteiger partial charge < -0.3 is 19.3 Å². The Morgan fingerprint density at radius 1 is 1.32 bits per heavy atom. The van der Waals surface area contributed by atoms with Crippen LogP contribution in [0.3, 0.4) is 0 Å². The first-order chi connectivity index (χ1) is 10.3. The Labute approximate surface area is 124 Å². The van der Waals surface area contributed by atoms with Gasteiger partial charge in [0.15, 0.2) is 12.2 Å². The van der Waals surface area contributed by atoms with Gasteiger partial charge in [0.05, 0.1) is 5.56 Å². The Balaban J connectivity index is 1.97. The fourth-order valence-electron chi connectivity index (χ4n) is 1.91. The van der Waals surface area contributed by atoms with Crippen LogP contribution in [0.5, 0.6) is 0 Å². The zero-order chi connectivity index (χ0) is 16.3. The van der Waals surface area contributed by atoms with Crippen LogP contribution in [-0.2, 0) is 19.0 Å². The first-order valence-corrected chi connectivity index (χ1v) is 6.43. The van der Waals surface area contributed by atoms with Crippen LogP contribution in [0.2, 0.25) is 0 Å². The second-order valence-corrected chi connectivity index (χ2v) is 4.69. The average Bonchev–Trinajstić information content (AvgIpc) is 2.68. The topological polar surface area (TPSA) is 82.1 Å². The maximum atomic E-state index is 13.8. The van der Waals surface area contributed by atoms with E-state index in [0.29, 0.717) is 0 Å². The Morgan fingerprint density at radius 2 is 1.95 bits per heavy atom. The Kier molecular flexibility index (Phi) is 4.72. The van der Waals surface area contributed by atoms with Gasteiger partial charge in [0.25, 0.3) is 0 Å². The zero-order valence-corrected chi connectivity index (χ0v) is 11.6. The van der Waals surface area contributed by atoms with Crippen molar-refractivity contribution >= 4 is 11.9 Å². The third kappa shape index (κ3) is 3.40. The lowest BCUT2D eigenvalue weighted by Gasteiger charge is -2.18. The van der Waals surface area contributed by atoms with Gasteiger partial charge >= 0.3 is 17.9 Å². The number of hydrogen-bond donors (Lipinski definition) is 1. The van der Waals surface area contributed by atoms with Gasteiger partial charge in [0, 0.05) is 6.92 Å². The Morgan fingerprint density at radius 3 is 2.55 bits per heavy atom. The number of carbonyl (C=O) groups is 2. The second kappa shape index (κ2) is 6.37. The van der Waals surface area contributed by atoms with E-state index in [1.54, 1.807) is 18.2 Å². The number of hydrogen-bond acceptors (Lipinski definition) is 6. The van der Waals surface area contributed by atoms with Gasteiger partial charge in [-0.3, -0.25) is 4.79 Å². The number of alkyl halides is 2. The van der Waals surface area contributed by atoms with Crippen LogP contribution in [-0.4, -0.2) is 48.1 Å². The highest BCUT2D eigenvalue weighted by Gasteiger charge is 2.60. The molecule has 1 unspecified atom stereocenters. The van der Waals surface area contributed by atoms with E-state index >= 15 is 0 Å². The van der Waals surface area contributed by atoms with Crippen LogP contribution in [0.1, 0.15) is 17.3 Å². The maximum Gasteiger partial charge on any atom is 0.338 e. The quantitative estimate of drug-likeness (QED) is 0.839. The molecule has 1 N–H and O–H groups in total. The largest absolute Gasteiger partial charge is 0.459 e. The predicted octanol–water partition coefficient (Wildman–Crippen LogP) is 1.13. The van der Waals surface area contributed by atoms with Crippen LogP contribution in [0.4, 0.5) is 8.78 Å². The monoisotopic (exact) mass is 316 g/mol. The molecule has 0 bridgehead atoms. The SMILES string of the molecule is CC(=O)O[C@H]1OC(COC(=O)c2ccccc2)C(F)(F)[C@@H]1O. The van der Waals surface area contributed by atoms with Crippen LogP contribution in [0, 0.1) is 0 Å². The maximum absolute atomic E-state index is 13.8. The molecule has 1 saturated heterocycles. The van der Waals surface area contributed by atoms with Gasteiger partial charge in [-0.15, -0.1) is 0 Å².